The fourth-order valence-corrected chi connectivity index (χ4v) is 3.14. The molecule has 6 heteroatoms. The van der Waals surface area contributed by atoms with Crippen LogP contribution < -0.4 is 0 Å². The van der Waals surface area contributed by atoms with Crippen molar-refractivity contribution >= 4 is 0 Å². The summed E-state index contributed by atoms with van der Waals surface area (Å²) in [6, 6.07) is 0. The van der Waals surface area contributed by atoms with E-state index in [4.69, 9.17) is 0 Å². The molecule has 1 aliphatic heterocycles. The van der Waals surface area contributed by atoms with Gasteiger partial charge in [-0.3, -0.25) is 4.90 Å². The smallest absolute Gasteiger partial charge is 0.146 e. The molecule has 0 radical (unpaired) electrons. The molecule has 114 valence electrons. The number of aliphatic hydroxyl groups is 2. The Balaban J connectivity index is 1.98. The topological polar surface area (TPSA) is 74.4 Å². The van der Waals surface area contributed by atoms with Crippen molar-refractivity contribution in [3.63, 3.8) is 0 Å². The summed E-state index contributed by atoms with van der Waals surface area (Å²) in [7, 11) is 0. The third-order valence-corrected chi connectivity index (χ3v) is 4.53. The number of aryl methyl sites for hydroxylation is 1. The van der Waals surface area contributed by atoms with Crippen LogP contribution in [0.25, 0.3) is 0 Å². The Morgan fingerprint density at radius 3 is 2.85 bits per heavy atom. The van der Waals surface area contributed by atoms with E-state index in [0.29, 0.717) is 13.1 Å². The maximum Gasteiger partial charge on any atom is 0.146 e. The molecule has 2 atom stereocenters. The molecule has 0 aromatic carbocycles. The third kappa shape index (κ3) is 3.02. The SMILES string of the molecule is CCC[C@]1(CO)CCN(Cc2nncn2CC)C[C@@H]1O. The van der Waals surface area contributed by atoms with E-state index in [-0.39, 0.29) is 12.0 Å². The van der Waals surface area contributed by atoms with E-state index in [1.165, 1.54) is 0 Å². The number of rotatable bonds is 6. The molecule has 2 rings (SSSR count). The number of likely N-dealkylation sites (tertiary alicyclic amines) is 1. The van der Waals surface area contributed by atoms with E-state index in [1.54, 1.807) is 6.33 Å². The number of aromatic nitrogens is 3. The molecule has 1 aliphatic rings. The molecule has 1 aromatic heterocycles. The summed E-state index contributed by atoms with van der Waals surface area (Å²) in [5, 5.41) is 28.2. The van der Waals surface area contributed by atoms with Crippen molar-refractivity contribution in [1.82, 2.24) is 19.7 Å². The van der Waals surface area contributed by atoms with Crippen molar-refractivity contribution < 1.29 is 10.2 Å². The maximum atomic E-state index is 10.4. The van der Waals surface area contributed by atoms with Crippen LogP contribution in [-0.2, 0) is 13.1 Å². The Bertz CT molecular complexity index is 423. The summed E-state index contributed by atoms with van der Waals surface area (Å²) in [5.74, 6) is 0.937. The predicted octanol–water partition coefficient (Wildman–Crippen LogP) is 0.643. The number of hydrogen-bond donors (Lipinski definition) is 2. The van der Waals surface area contributed by atoms with Crippen LogP contribution in [-0.4, -0.2) is 55.7 Å². The summed E-state index contributed by atoms with van der Waals surface area (Å²) < 4.78 is 2.02. The van der Waals surface area contributed by atoms with Gasteiger partial charge in [0.1, 0.15) is 12.2 Å². The van der Waals surface area contributed by atoms with E-state index >= 15 is 0 Å². The van der Waals surface area contributed by atoms with Crippen LogP contribution in [0.2, 0.25) is 0 Å². The highest BCUT2D eigenvalue weighted by Crippen LogP contribution is 2.36. The van der Waals surface area contributed by atoms with Gasteiger partial charge >= 0.3 is 0 Å². The van der Waals surface area contributed by atoms with Crippen molar-refractivity contribution in [3.8, 4) is 0 Å². The molecule has 0 aliphatic carbocycles. The summed E-state index contributed by atoms with van der Waals surface area (Å²) in [6.45, 7) is 7.27. The van der Waals surface area contributed by atoms with Gasteiger partial charge in [-0.25, -0.2) is 0 Å². The lowest BCUT2D eigenvalue weighted by Gasteiger charge is -2.44. The van der Waals surface area contributed by atoms with Crippen molar-refractivity contribution in [2.45, 2.75) is 52.3 Å². The van der Waals surface area contributed by atoms with Gasteiger partial charge in [0.2, 0.25) is 0 Å². The monoisotopic (exact) mass is 282 g/mol. The molecule has 0 bridgehead atoms. The minimum Gasteiger partial charge on any atom is -0.396 e. The fourth-order valence-electron chi connectivity index (χ4n) is 3.14. The van der Waals surface area contributed by atoms with Gasteiger partial charge in [-0.15, -0.1) is 10.2 Å². The van der Waals surface area contributed by atoms with Crippen molar-refractivity contribution in [1.29, 1.82) is 0 Å². The summed E-state index contributed by atoms with van der Waals surface area (Å²) in [6.07, 6.45) is 3.97. The van der Waals surface area contributed by atoms with Gasteiger partial charge in [0, 0.05) is 18.5 Å². The Morgan fingerprint density at radius 2 is 2.25 bits per heavy atom. The molecule has 1 aromatic rings. The molecule has 6 nitrogen and oxygen atoms in total. The molecule has 0 spiro atoms. The first-order chi connectivity index (χ1) is 9.65. The van der Waals surface area contributed by atoms with Gasteiger partial charge in [0.05, 0.1) is 19.3 Å². The van der Waals surface area contributed by atoms with Crippen LogP contribution in [0.5, 0.6) is 0 Å². The van der Waals surface area contributed by atoms with Crippen LogP contribution in [0.1, 0.15) is 38.9 Å². The molecule has 0 unspecified atom stereocenters. The van der Waals surface area contributed by atoms with Gasteiger partial charge in [-0.1, -0.05) is 13.3 Å². The summed E-state index contributed by atoms with van der Waals surface area (Å²) in [4.78, 5) is 2.20. The highest BCUT2D eigenvalue weighted by molar-refractivity contribution is 4.95. The molecular weight excluding hydrogens is 256 g/mol. The second kappa shape index (κ2) is 6.65. The normalized spacial score (nSPS) is 27.9. The Morgan fingerprint density at radius 1 is 1.45 bits per heavy atom. The van der Waals surface area contributed by atoms with E-state index < -0.39 is 6.10 Å². The second-order valence-corrected chi connectivity index (χ2v) is 5.80. The van der Waals surface area contributed by atoms with E-state index in [1.807, 2.05) is 4.57 Å². The molecular formula is C14H26N4O2. The fraction of sp³-hybridized carbons (Fsp3) is 0.857. The minimum absolute atomic E-state index is 0.0704. The van der Waals surface area contributed by atoms with Crippen molar-refractivity contribution in [2.75, 3.05) is 19.7 Å². The highest BCUT2D eigenvalue weighted by atomic mass is 16.3. The lowest BCUT2D eigenvalue weighted by molar-refractivity contribution is -0.0808. The van der Waals surface area contributed by atoms with E-state index in [2.05, 4.69) is 28.9 Å². The quantitative estimate of drug-likeness (QED) is 0.801. The molecule has 2 N–H and O–H groups in total. The molecule has 0 amide bonds. The number of hydrogen-bond acceptors (Lipinski definition) is 5. The molecule has 1 fully saturated rings. The molecule has 2 heterocycles. The standard InChI is InChI=1S/C14H26N4O2/c1-3-5-14(10-19)6-7-17(8-12(14)20)9-13-16-15-11-18(13)4-2/h11-12,19-20H,3-10H2,1-2H3/t12-,14+/m0/s1. The molecule has 0 saturated carbocycles. The van der Waals surface area contributed by atoms with Crippen LogP contribution >= 0.6 is 0 Å². The lowest BCUT2D eigenvalue weighted by atomic mass is 9.73. The average Bonchev–Trinajstić information content (AvgIpc) is 2.89. The first-order valence-corrected chi connectivity index (χ1v) is 7.53. The number of nitrogens with zero attached hydrogens (tertiary/aromatic N) is 4. The van der Waals surface area contributed by atoms with Crippen LogP contribution in [0.15, 0.2) is 6.33 Å². The highest BCUT2D eigenvalue weighted by Gasteiger charge is 2.41. The number of piperidine rings is 1. The zero-order chi connectivity index (χ0) is 14.6. The summed E-state index contributed by atoms with van der Waals surface area (Å²) in [5.41, 5.74) is -0.316. The van der Waals surface area contributed by atoms with Crippen molar-refractivity contribution in [2.24, 2.45) is 5.41 Å². The van der Waals surface area contributed by atoms with Gasteiger partial charge in [0.25, 0.3) is 0 Å². The maximum absolute atomic E-state index is 10.4. The van der Waals surface area contributed by atoms with E-state index in [9.17, 15) is 10.2 Å². The Kier molecular flexibility index (Phi) is 5.12. The third-order valence-electron chi connectivity index (χ3n) is 4.53. The first kappa shape index (κ1) is 15.4. The van der Waals surface area contributed by atoms with Crippen molar-refractivity contribution in [3.05, 3.63) is 12.2 Å². The predicted molar refractivity (Wildman–Crippen MR) is 76.0 cm³/mol. The summed E-state index contributed by atoms with van der Waals surface area (Å²) >= 11 is 0. The van der Waals surface area contributed by atoms with Gasteiger partial charge < -0.3 is 14.8 Å². The zero-order valence-corrected chi connectivity index (χ0v) is 12.5. The first-order valence-electron chi connectivity index (χ1n) is 7.53. The van der Waals surface area contributed by atoms with Crippen LogP contribution in [0.4, 0.5) is 0 Å². The Labute approximate surface area is 120 Å². The van der Waals surface area contributed by atoms with Gasteiger partial charge in [-0.05, 0) is 26.3 Å². The number of β-amino-alcohol motifs (C(OH)–C–C–N with tert-alkyl or cyclic N) is 1. The van der Waals surface area contributed by atoms with E-state index in [0.717, 1.165) is 38.2 Å². The molecule has 1 saturated heterocycles. The van der Waals surface area contributed by atoms with Gasteiger partial charge in [0.15, 0.2) is 0 Å². The number of aliphatic hydroxyl groups excluding tert-OH is 2. The zero-order valence-electron chi connectivity index (χ0n) is 12.5. The average molecular weight is 282 g/mol. The largest absolute Gasteiger partial charge is 0.396 e. The van der Waals surface area contributed by atoms with Crippen LogP contribution in [0.3, 0.4) is 0 Å². The second-order valence-electron chi connectivity index (χ2n) is 5.80. The molecule has 20 heavy (non-hydrogen) atoms. The minimum atomic E-state index is -0.473. The van der Waals surface area contributed by atoms with Crippen LogP contribution in [0, 0.1) is 5.41 Å². The lowest BCUT2D eigenvalue weighted by Crippen LogP contribution is -2.52. The Hall–Kier alpha value is -0.980. The van der Waals surface area contributed by atoms with Gasteiger partial charge in [-0.2, -0.15) is 0 Å².